The number of carbonyl (C=O) groups excluding carboxylic acids is 2. The molecule has 2 N–H and O–H groups in total. The molecule has 0 aliphatic carbocycles. The van der Waals surface area contributed by atoms with E-state index in [1.807, 2.05) is 13.8 Å². The number of ether oxygens (including phenoxy) is 2. The number of hydrogen-bond donors (Lipinski definition) is 2. The lowest BCUT2D eigenvalue weighted by molar-refractivity contribution is -0.134. The van der Waals surface area contributed by atoms with Crippen LogP contribution < -0.4 is 10.1 Å². The second-order valence-electron chi connectivity index (χ2n) is 11.6. The van der Waals surface area contributed by atoms with Crippen LogP contribution in [0.3, 0.4) is 0 Å². The van der Waals surface area contributed by atoms with Crippen molar-refractivity contribution >= 4 is 27.5 Å². The zero-order valence-electron chi connectivity index (χ0n) is 25.5. The molecule has 43 heavy (non-hydrogen) atoms. The van der Waals surface area contributed by atoms with Gasteiger partial charge < -0.3 is 24.8 Å². The fourth-order valence-electron chi connectivity index (χ4n) is 5.27. The van der Waals surface area contributed by atoms with Crippen molar-refractivity contribution in [1.29, 1.82) is 0 Å². The van der Waals surface area contributed by atoms with Crippen LogP contribution in [0.25, 0.3) is 0 Å². The van der Waals surface area contributed by atoms with E-state index in [1.54, 1.807) is 54.3 Å². The number of amides is 2. The third-order valence-electron chi connectivity index (χ3n) is 8.13. The molecule has 2 aliphatic heterocycles. The lowest BCUT2D eigenvalue weighted by atomic mass is 10.0. The average Bonchev–Trinajstić information content (AvgIpc) is 3.03. The molecule has 236 valence electrons. The number of hydrogen-bond acceptors (Lipinski definition) is 8. The Hall–Kier alpha value is -3.03. The van der Waals surface area contributed by atoms with Gasteiger partial charge in [0.1, 0.15) is 11.9 Å². The molecule has 3 atom stereocenters. The summed E-state index contributed by atoms with van der Waals surface area (Å²) in [4.78, 5) is 30.2. The van der Waals surface area contributed by atoms with Gasteiger partial charge in [0.2, 0.25) is 21.8 Å². The van der Waals surface area contributed by atoms with E-state index in [9.17, 15) is 23.1 Å². The van der Waals surface area contributed by atoms with Gasteiger partial charge in [0, 0.05) is 56.8 Å². The van der Waals surface area contributed by atoms with Crippen LogP contribution in [0.4, 0.5) is 5.69 Å². The van der Waals surface area contributed by atoms with E-state index in [0.29, 0.717) is 43.2 Å². The second-order valence-corrected chi connectivity index (χ2v) is 13.6. The van der Waals surface area contributed by atoms with Gasteiger partial charge >= 0.3 is 0 Å². The van der Waals surface area contributed by atoms with Crippen molar-refractivity contribution in [2.45, 2.75) is 50.7 Å². The van der Waals surface area contributed by atoms with E-state index >= 15 is 0 Å². The minimum atomic E-state index is -3.79. The van der Waals surface area contributed by atoms with E-state index < -0.39 is 22.2 Å². The normalized spacial score (nSPS) is 20.9. The van der Waals surface area contributed by atoms with Crippen molar-refractivity contribution in [2.75, 3.05) is 64.9 Å². The molecule has 2 heterocycles. The molecule has 0 saturated carbocycles. The third kappa shape index (κ3) is 8.54. The first-order valence-electron chi connectivity index (χ1n) is 14.8. The molecule has 2 aromatic carbocycles. The molecule has 4 rings (SSSR count). The first kappa shape index (κ1) is 32.9. The Labute approximate surface area is 254 Å². The molecule has 0 bridgehead atoms. The van der Waals surface area contributed by atoms with E-state index in [-0.39, 0.29) is 48.7 Å². The molecule has 2 amide bonds. The summed E-state index contributed by atoms with van der Waals surface area (Å²) in [7, 11) is -2.27. The summed E-state index contributed by atoms with van der Waals surface area (Å²) in [6.07, 6.45) is -0.263. The van der Waals surface area contributed by atoms with Crippen molar-refractivity contribution in [3.05, 3.63) is 53.6 Å². The van der Waals surface area contributed by atoms with Crippen LogP contribution in [0.15, 0.2) is 47.4 Å². The van der Waals surface area contributed by atoms with Crippen molar-refractivity contribution in [2.24, 2.45) is 5.92 Å². The summed E-state index contributed by atoms with van der Waals surface area (Å²) < 4.78 is 39.9. The topological polar surface area (TPSA) is 129 Å². The Morgan fingerprint density at radius 2 is 1.86 bits per heavy atom. The number of aliphatic hydroxyl groups is 1. The number of nitrogens with one attached hydrogen (secondary N) is 1. The summed E-state index contributed by atoms with van der Waals surface area (Å²) in [6, 6.07) is 11.4. The van der Waals surface area contributed by atoms with E-state index in [4.69, 9.17) is 9.47 Å². The molecule has 1 fully saturated rings. The molecule has 0 radical (unpaired) electrons. The zero-order chi connectivity index (χ0) is 31.1. The number of fused-ring (bicyclic) bond motifs is 1. The van der Waals surface area contributed by atoms with E-state index in [0.717, 1.165) is 18.7 Å². The number of rotatable bonds is 10. The average molecular weight is 617 g/mol. The van der Waals surface area contributed by atoms with Gasteiger partial charge in [-0.25, -0.2) is 8.42 Å². The molecule has 0 aromatic heterocycles. The van der Waals surface area contributed by atoms with Gasteiger partial charge in [0.25, 0.3) is 0 Å². The number of sulfonamides is 1. The van der Waals surface area contributed by atoms with Crippen LogP contribution in [0.1, 0.15) is 31.4 Å². The third-order valence-corrected chi connectivity index (χ3v) is 9.96. The molecule has 2 aromatic rings. The summed E-state index contributed by atoms with van der Waals surface area (Å²) in [5.41, 5.74) is 2.09. The molecule has 0 spiro atoms. The smallest absolute Gasteiger partial charge is 0.242 e. The predicted octanol–water partition coefficient (Wildman–Crippen LogP) is 2.13. The highest BCUT2D eigenvalue weighted by molar-refractivity contribution is 7.89. The van der Waals surface area contributed by atoms with Crippen LogP contribution in [0.5, 0.6) is 5.75 Å². The van der Waals surface area contributed by atoms with Gasteiger partial charge in [-0.1, -0.05) is 24.6 Å². The number of carbonyl (C=O) groups is 2. The number of nitrogens with zero attached hydrogens (tertiary/aromatic N) is 3. The van der Waals surface area contributed by atoms with E-state index in [2.05, 4.69) is 10.2 Å². The first-order chi connectivity index (χ1) is 20.5. The lowest BCUT2D eigenvalue weighted by Gasteiger charge is -2.33. The molecule has 0 unspecified atom stereocenters. The molecule has 1 saturated heterocycles. The van der Waals surface area contributed by atoms with Crippen LogP contribution in [-0.4, -0.2) is 111 Å². The number of aryl methyl sites for hydroxylation is 1. The number of likely N-dealkylation sites (N-methyl/N-ethyl adjacent to an activating group) is 1. The van der Waals surface area contributed by atoms with Crippen LogP contribution >= 0.6 is 0 Å². The standard InChI is InChI=1S/C31H44N4O7S/c1-22-5-8-27(9-6-22)43(39,40)33(4)20-29-23(2)19-35(24(3)21-36)31(38)18-25-17-26(7-10-28(25)42-29)32-30(37)11-12-34-13-15-41-16-14-34/h5-10,17,23-24,29,36H,11-16,18-21H2,1-4H3,(H,32,37)/t23-,24-,29+/m0/s1. The van der Waals surface area contributed by atoms with Crippen molar-refractivity contribution in [1.82, 2.24) is 14.1 Å². The summed E-state index contributed by atoms with van der Waals surface area (Å²) >= 11 is 0. The molecule has 12 heteroatoms. The monoisotopic (exact) mass is 616 g/mol. The Morgan fingerprint density at radius 1 is 1.16 bits per heavy atom. The van der Waals surface area contributed by atoms with Crippen molar-refractivity contribution in [3.8, 4) is 5.75 Å². The maximum Gasteiger partial charge on any atom is 0.242 e. The maximum atomic E-state index is 13.5. The number of morpholine rings is 1. The Morgan fingerprint density at radius 3 is 2.53 bits per heavy atom. The van der Waals surface area contributed by atoms with Gasteiger partial charge in [0.15, 0.2) is 0 Å². The maximum absolute atomic E-state index is 13.5. The highest BCUT2D eigenvalue weighted by atomic mass is 32.2. The van der Waals surface area contributed by atoms with Gasteiger partial charge in [-0.15, -0.1) is 0 Å². The van der Waals surface area contributed by atoms with E-state index in [1.165, 1.54) is 11.4 Å². The highest BCUT2D eigenvalue weighted by Gasteiger charge is 2.33. The molecular formula is C31H44N4O7S. The van der Waals surface area contributed by atoms with Crippen LogP contribution in [-0.2, 0) is 30.8 Å². The van der Waals surface area contributed by atoms with Crippen molar-refractivity contribution in [3.63, 3.8) is 0 Å². The molecular weight excluding hydrogens is 572 g/mol. The number of benzene rings is 2. The van der Waals surface area contributed by atoms with Crippen LogP contribution in [0, 0.1) is 12.8 Å². The van der Waals surface area contributed by atoms with Gasteiger partial charge in [0.05, 0.1) is 43.7 Å². The summed E-state index contributed by atoms with van der Waals surface area (Å²) in [5, 5.41) is 12.8. The lowest BCUT2D eigenvalue weighted by Crippen LogP contribution is -2.48. The molecule has 2 aliphatic rings. The van der Waals surface area contributed by atoms with Gasteiger partial charge in [-0.05, 0) is 44.2 Å². The number of aliphatic hydroxyl groups excluding tert-OH is 1. The van der Waals surface area contributed by atoms with Crippen molar-refractivity contribution < 1.29 is 32.6 Å². The predicted molar refractivity (Wildman–Crippen MR) is 163 cm³/mol. The largest absolute Gasteiger partial charge is 0.488 e. The van der Waals surface area contributed by atoms with Gasteiger partial charge in [-0.3, -0.25) is 14.5 Å². The fraction of sp³-hybridized carbons (Fsp3) is 0.548. The summed E-state index contributed by atoms with van der Waals surface area (Å²) in [5.74, 6) is -0.127. The zero-order valence-corrected chi connectivity index (χ0v) is 26.3. The van der Waals surface area contributed by atoms with Gasteiger partial charge in [-0.2, -0.15) is 4.31 Å². The SMILES string of the molecule is Cc1ccc(S(=O)(=O)N(C)C[C@H]2Oc3ccc(NC(=O)CCN4CCOCC4)cc3CC(=O)N([C@@H](C)CO)C[C@@H]2C)cc1. The Balaban J connectivity index is 1.56. The first-order valence-corrected chi connectivity index (χ1v) is 16.2. The minimum absolute atomic E-state index is 0.00804. The second kappa shape index (κ2) is 14.6. The minimum Gasteiger partial charge on any atom is -0.488 e. The molecule has 11 nitrogen and oxygen atoms in total. The Bertz CT molecular complexity index is 1360. The fourth-order valence-corrected chi connectivity index (χ4v) is 6.46. The van der Waals surface area contributed by atoms with Crippen LogP contribution in [0.2, 0.25) is 0 Å². The number of anilines is 1. The highest BCUT2D eigenvalue weighted by Crippen LogP contribution is 2.30. The Kier molecular flexibility index (Phi) is 11.2. The summed E-state index contributed by atoms with van der Waals surface area (Å²) in [6.45, 7) is 9.27. The quantitative estimate of drug-likeness (QED) is 0.416.